The molecule has 0 saturated carbocycles. The van der Waals surface area contributed by atoms with Crippen LogP contribution >= 0.6 is 11.3 Å². The number of amides is 1. The van der Waals surface area contributed by atoms with Gasteiger partial charge in [0.15, 0.2) is 0 Å². The zero-order valence-corrected chi connectivity index (χ0v) is 15.4. The zero-order chi connectivity index (χ0) is 17.1. The quantitative estimate of drug-likeness (QED) is 0.857. The van der Waals surface area contributed by atoms with Crippen molar-refractivity contribution in [2.45, 2.75) is 34.1 Å². The van der Waals surface area contributed by atoms with E-state index < -0.39 is 5.97 Å². The highest BCUT2D eigenvalue weighted by Gasteiger charge is 2.25. The molecule has 0 radical (unpaired) electrons. The molecule has 0 aliphatic carbocycles. The third-order valence-electron chi connectivity index (χ3n) is 4.34. The molecule has 1 amide bonds. The fourth-order valence-electron chi connectivity index (χ4n) is 3.35. The molecular formula is C17H26N2O3S. The Kier molecular flexibility index (Phi) is 5.81. The monoisotopic (exact) mass is 338 g/mol. The normalized spacial score (nSPS) is 22.0. The Morgan fingerprint density at radius 3 is 2.43 bits per heavy atom. The Bertz CT molecular complexity index is 587. The molecular weight excluding hydrogens is 312 g/mol. The molecule has 0 bridgehead atoms. The van der Waals surface area contributed by atoms with Crippen molar-refractivity contribution in [1.82, 2.24) is 4.90 Å². The lowest BCUT2D eigenvalue weighted by atomic mass is 9.92. The van der Waals surface area contributed by atoms with Crippen LogP contribution < -0.4 is 5.32 Å². The number of aryl methyl sites for hydroxylation is 1. The Labute approximate surface area is 142 Å². The minimum absolute atomic E-state index is 0.0716. The SMILES string of the molecule is COC(=O)c1c(NC(=O)CN2C[C@H](C)C[C@H](C)C2)sc(C)c1C. The first-order valence-corrected chi connectivity index (χ1v) is 8.84. The van der Waals surface area contributed by atoms with Crippen LogP contribution in [0.2, 0.25) is 0 Å². The van der Waals surface area contributed by atoms with Crippen LogP contribution in [0, 0.1) is 25.7 Å². The van der Waals surface area contributed by atoms with Gasteiger partial charge in [-0.2, -0.15) is 0 Å². The van der Waals surface area contributed by atoms with Gasteiger partial charge in [0, 0.05) is 18.0 Å². The highest BCUT2D eigenvalue weighted by molar-refractivity contribution is 7.16. The highest BCUT2D eigenvalue weighted by atomic mass is 32.1. The molecule has 1 aliphatic rings. The third kappa shape index (κ3) is 4.32. The summed E-state index contributed by atoms with van der Waals surface area (Å²) in [5.74, 6) is 0.756. The number of piperidine rings is 1. The largest absolute Gasteiger partial charge is 0.465 e. The number of carbonyl (C=O) groups is 2. The van der Waals surface area contributed by atoms with Gasteiger partial charge in [0.1, 0.15) is 5.00 Å². The summed E-state index contributed by atoms with van der Waals surface area (Å²) in [4.78, 5) is 27.5. The minimum atomic E-state index is -0.401. The summed E-state index contributed by atoms with van der Waals surface area (Å²) in [6, 6.07) is 0. The van der Waals surface area contributed by atoms with E-state index in [9.17, 15) is 9.59 Å². The number of nitrogens with zero attached hydrogens (tertiary/aromatic N) is 1. The predicted molar refractivity (Wildman–Crippen MR) is 93.1 cm³/mol. The van der Waals surface area contributed by atoms with Gasteiger partial charge in [0.05, 0.1) is 19.2 Å². The van der Waals surface area contributed by atoms with Crippen molar-refractivity contribution in [3.05, 3.63) is 16.0 Å². The van der Waals surface area contributed by atoms with E-state index in [0.29, 0.717) is 28.9 Å². The molecule has 2 atom stereocenters. The molecule has 0 aromatic carbocycles. The number of anilines is 1. The maximum absolute atomic E-state index is 12.4. The zero-order valence-electron chi connectivity index (χ0n) is 14.6. The first kappa shape index (κ1) is 17.9. The van der Waals surface area contributed by atoms with E-state index in [2.05, 4.69) is 24.1 Å². The van der Waals surface area contributed by atoms with Gasteiger partial charge in [-0.25, -0.2) is 4.79 Å². The molecule has 128 valence electrons. The van der Waals surface area contributed by atoms with Crippen LogP contribution in [0.4, 0.5) is 5.00 Å². The topological polar surface area (TPSA) is 58.6 Å². The lowest BCUT2D eigenvalue weighted by molar-refractivity contribution is -0.117. The summed E-state index contributed by atoms with van der Waals surface area (Å²) in [7, 11) is 1.36. The summed E-state index contributed by atoms with van der Waals surface area (Å²) < 4.78 is 4.84. The number of hydrogen-bond acceptors (Lipinski definition) is 5. The Morgan fingerprint density at radius 1 is 1.26 bits per heavy atom. The number of nitrogens with one attached hydrogen (secondary N) is 1. The van der Waals surface area contributed by atoms with Crippen LogP contribution in [-0.2, 0) is 9.53 Å². The van der Waals surface area contributed by atoms with Gasteiger partial charge in [0.2, 0.25) is 5.91 Å². The minimum Gasteiger partial charge on any atom is -0.465 e. The van der Waals surface area contributed by atoms with Crippen molar-refractivity contribution in [2.75, 3.05) is 32.1 Å². The van der Waals surface area contributed by atoms with Crippen LogP contribution in [0.15, 0.2) is 0 Å². The van der Waals surface area contributed by atoms with Crippen LogP contribution in [0.5, 0.6) is 0 Å². The van der Waals surface area contributed by atoms with Crippen molar-refractivity contribution in [3.8, 4) is 0 Å². The molecule has 1 saturated heterocycles. The number of hydrogen-bond donors (Lipinski definition) is 1. The van der Waals surface area contributed by atoms with Crippen LogP contribution in [0.3, 0.4) is 0 Å². The van der Waals surface area contributed by atoms with Gasteiger partial charge in [-0.05, 0) is 37.7 Å². The predicted octanol–water partition coefficient (Wildman–Crippen LogP) is 3.07. The van der Waals surface area contributed by atoms with Crippen LogP contribution in [0.25, 0.3) is 0 Å². The lowest BCUT2D eigenvalue weighted by Gasteiger charge is -2.34. The van der Waals surface area contributed by atoms with Gasteiger partial charge in [-0.1, -0.05) is 13.8 Å². The summed E-state index contributed by atoms with van der Waals surface area (Å²) in [5, 5.41) is 3.49. The molecule has 1 aromatic heterocycles. The van der Waals surface area contributed by atoms with E-state index in [0.717, 1.165) is 23.5 Å². The second-order valence-electron chi connectivity index (χ2n) is 6.67. The maximum Gasteiger partial charge on any atom is 0.341 e. The van der Waals surface area contributed by atoms with Gasteiger partial charge in [0.25, 0.3) is 0 Å². The maximum atomic E-state index is 12.4. The molecule has 0 spiro atoms. The van der Waals surface area contributed by atoms with E-state index in [1.54, 1.807) is 0 Å². The van der Waals surface area contributed by atoms with E-state index in [1.165, 1.54) is 24.9 Å². The van der Waals surface area contributed by atoms with E-state index in [1.807, 2.05) is 13.8 Å². The van der Waals surface area contributed by atoms with E-state index in [-0.39, 0.29) is 5.91 Å². The number of methoxy groups -OCH3 is 1. The number of esters is 1. The molecule has 0 unspecified atom stereocenters. The Morgan fingerprint density at radius 2 is 1.87 bits per heavy atom. The van der Waals surface area contributed by atoms with Crippen molar-refractivity contribution in [3.63, 3.8) is 0 Å². The van der Waals surface area contributed by atoms with Crippen LogP contribution in [0.1, 0.15) is 41.1 Å². The molecule has 5 nitrogen and oxygen atoms in total. The number of likely N-dealkylation sites (tertiary alicyclic amines) is 1. The van der Waals surface area contributed by atoms with Gasteiger partial charge in [-0.3, -0.25) is 9.69 Å². The fraction of sp³-hybridized carbons (Fsp3) is 0.647. The lowest BCUT2D eigenvalue weighted by Crippen LogP contribution is -2.42. The molecule has 1 fully saturated rings. The summed E-state index contributed by atoms with van der Waals surface area (Å²) in [5.41, 5.74) is 1.35. The molecule has 1 N–H and O–H groups in total. The summed E-state index contributed by atoms with van der Waals surface area (Å²) in [6.45, 7) is 10.5. The van der Waals surface area contributed by atoms with Gasteiger partial charge >= 0.3 is 5.97 Å². The van der Waals surface area contributed by atoms with Gasteiger partial charge in [-0.15, -0.1) is 11.3 Å². The molecule has 23 heavy (non-hydrogen) atoms. The third-order valence-corrected chi connectivity index (χ3v) is 5.46. The average Bonchev–Trinajstić information content (AvgIpc) is 2.71. The van der Waals surface area contributed by atoms with E-state index >= 15 is 0 Å². The van der Waals surface area contributed by atoms with Crippen molar-refractivity contribution in [1.29, 1.82) is 0 Å². The first-order chi connectivity index (χ1) is 10.8. The summed E-state index contributed by atoms with van der Waals surface area (Å²) >= 11 is 1.42. The van der Waals surface area contributed by atoms with Crippen molar-refractivity contribution < 1.29 is 14.3 Å². The number of rotatable bonds is 4. The van der Waals surface area contributed by atoms with Crippen molar-refractivity contribution >= 4 is 28.2 Å². The van der Waals surface area contributed by atoms with E-state index in [4.69, 9.17) is 4.74 Å². The summed E-state index contributed by atoms with van der Waals surface area (Å²) in [6.07, 6.45) is 1.22. The molecule has 2 rings (SSSR count). The number of ether oxygens (including phenoxy) is 1. The Hall–Kier alpha value is -1.40. The second-order valence-corrected chi connectivity index (χ2v) is 7.89. The van der Waals surface area contributed by atoms with Crippen molar-refractivity contribution in [2.24, 2.45) is 11.8 Å². The van der Waals surface area contributed by atoms with Crippen LogP contribution in [-0.4, -0.2) is 43.5 Å². The first-order valence-electron chi connectivity index (χ1n) is 8.02. The highest BCUT2D eigenvalue weighted by Crippen LogP contribution is 2.33. The average molecular weight is 338 g/mol. The van der Waals surface area contributed by atoms with Gasteiger partial charge < -0.3 is 10.1 Å². The Balaban J connectivity index is 2.06. The fourth-order valence-corrected chi connectivity index (χ4v) is 4.42. The molecule has 1 aromatic rings. The number of thiophene rings is 1. The molecule has 1 aliphatic heterocycles. The standard InChI is InChI=1S/C17H26N2O3S/c1-10-6-11(2)8-19(7-10)9-14(20)18-16-15(17(21)22-5)12(3)13(4)23-16/h10-11H,6-9H2,1-5H3,(H,18,20)/t10-,11+. The molecule has 2 heterocycles. The number of carbonyl (C=O) groups excluding carboxylic acids is 2. The second kappa shape index (κ2) is 7.45. The molecule has 6 heteroatoms. The smallest absolute Gasteiger partial charge is 0.341 e.